The molecule has 4 fully saturated rings. The van der Waals surface area contributed by atoms with Crippen LogP contribution in [-0.4, -0.2) is 90.8 Å². The van der Waals surface area contributed by atoms with Gasteiger partial charge in [0.2, 0.25) is 5.91 Å². The number of methoxy groups -OCH3 is 1. The molecule has 2 bridgehead atoms. The predicted molar refractivity (Wildman–Crippen MR) is 201 cm³/mol. The number of rotatable bonds is 13. The molecule has 1 aliphatic heterocycles. The molecule has 3 aliphatic carbocycles. The number of nitrogens with two attached hydrogens (primary N) is 1. The smallest absolute Gasteiger partial charge is 0.277 e. The van der Waals surface area contributed by atoms with Gasteiger partial charge in [-0.25, -0.2) is 4.99 Å². The Hall–Kier alpha value is -3.84. The minimum Gasteiger partial charge on any atom is -0.496 e. The Morgan fingerprint density at radius 1 is 1.15 bits per heavy atom. The number of anilines is 1. The number of hydrogen-bond donors (Lipinski definition) is 4. The van der Waals surface area contributed by atoms with Crippen LogP contribution in [0.1, 0.15) is 76.7 Å². The molecule has 8 atom stereocenters. The quantitative estimate of drug-likeness (QED) is 0.222. The molecule has 12 nitrogen and oxygen atoms in total. The van der Waals surface area contributed by atoms with Crippen molar-refractivity contribution >= 4 is 29.1 Å². The largest absolute Gasteiger partial charge is 0.496 e. The minimum atomic E-state index is -0.926. The zero-order valence-electron chi connectivity index (χ0n) is 32.1. The molecule has 284 valence electrons. The average molecular weight is 720 g/mol. The van der Waals surface area contributed by atoms with Gasteiger partial charge in [0.25, 0.3) is 11.8 Å². The number of aliphatic hydroxyl groups excluding tert-OH is 2. The SMILES string of the molecule is COc1c(CN2O[C@@H](CO)[C@H]([C@H](C)O)[C@H]2C(=O)N[C@H]2C[C@H]3C[C@@H]([C@@H]2C)C3(C)C)cccc1-c1cc(C(=O)N=C(CC(C)C)C(N)=O)cc(N(C)C)c1. The highest BCUT2D eigenvalue weighted by molar-refractivity contribution is 6.40. The summed E-state index contributed by atoms with van der Waals surface area (Å²) in [7, 11) is 5.28. The maximum atomic E-state index is 14.2. The summed E-state index contributed by atoms with van der Waals surface area (Å²) in [4.78, 5) is 52.0. The van der Waals surface area contributed by atoms with Crippen LogP contribution in [0.2, 0.25) is 0 Å². The van der Waals surface area contributed by atoms with Gasteiger partial charge in [0.1, 0.15) is 23.6 Å². The number of carbonyl (C=O) groups is 3. The van der Waals surface area contributed by atoms with Crippen molar-refractivity contribution in [3.63, 3.8) is 0 Å². The second-order valence-corrected chi connectivity index (χ2v) is 16.2. The van der Waals surface area contributed by atoms with E-state index in [9.17, 15) is 24.6 Å². The monoisotopic (exact) mass is 719 g/mol. The van der Waals surface area contributed by atoms with E-state index < -0.39 is 36.0 Å². The highest BCUT2D eigenvalue weighted by atomic mass is 16.7. The summed E-state index contributed by atoms with van der Waals surface area (Å²) in [5.74, 6) is -0.225. The van der Waals surface area contributed by atoms with Crippen molar-refractivity contribution in [2.24, 2.45) is 45.7 Å². The molecule has 12 heteroatoms. The summed E-state index contributed by atoms with van der Waals surface area (Å²) in [5, 5.41) is 26.1. The summed E-state index contributed by atoms with van der Waals surface area (Å²) < 4.78 is 6.01. The van der Waals surface area contributed by atoms with Crippen molar-refractivity contribution in [1.82, 2.24) is 10.4 Å². The molecular weight excluding hydrogens is 662 g/mol. The van der Waals surface area contributed by atoms with E-state index in [0.29, 0.717) is 40.2 Å². The number of hydroxylamine groups is 2. The van der Waals surface area contributed by atoms with Gasteiger partial charge in [0.05, 0.1) is 26.4 Å². The molecule has 3 saturated carbocycles. The van der Waals surface area contributed by atoms with E-state index in [2.05, 4.69) is 31.1 Å². The van der Waals surface area contributed by atoms with Crippen LogP contribution in [0.4, 0.5) is 5.69 Å². The Kier molecular flexibility index (Phi) is 11.8. The van der Waals surface area contributed by atoms with Crippen LogP contribution in [0, 0.1) is 35.0 Å². The molecule has 0 unspecified atom stereocenters. The lowest BCUT2D eigenvalue weighted by Crippen LogP contribution is -2.62. The minimum absolute atomic E-state index is 0.0152. The normalized spacial score (nSPS) is 27.5. The first-order chi connectivity index (χ1) is 24.5. The highest BCUT2D eigenvalue weighted by Gasteiger charge is 2.57. The predicted octanol–water partition coefficient (Wildman–Crippen LogP) is 4.20. The van der Waals surface area contributed by atoms with Crippen molar-refractivity contribution in [3.8, 4) is 16.9 Å². The zero-order chi connectivity index (χ0) is 38.2. The van der Waals surface area contributed by atoms with E-state index in [4.69, 9.17) is 15.3 Å². The van der Waals surface area contributed by atoms with E-state index >= 15 is 0 Å². The number of nitrogens with one attached hydrogen (secondary N) is 1. The first-order valence-electron chi connectivity index (χ1n) is 18.4. The maximum absolute atomic E-state index is 14.2. The third-order valence-corrected chi connectivity index (χ3v) is 11.8. The van der Waals surface area contributed by atoms with Crippen LogP contribution >= 0.6 is 0 Å². The number of nitrogens with zero attached hydrogens (tertiary/aromatic N) is 3. The van der Waals surface area contributed by atoms with Crippen molar-refractivity contribution in [1.29, 1.82) is 0 Å². The number of fused-ring (bicyclic) bond motifs is 2. The van der Waals surface area contributed by atoms with Crippen molar-refractivity contribution in [2.45, 2.75) is 91.6 Å². The summed E-state index contributed by atoms with van der Waals surface area (Å²) in [5.41, 5.74) is 8.91. The number of aliphatic imine (C=N–C) groups is 1. The van der Waals surface area contributed by atoms with E-state index in [1.54, 1.807) is 31.2 Å². The van der Waals surface area contributed by atoms with Gasteiger partial charge >= 0.3 is 0 Å². The third-order valence-electron chi connectivity index (χ3n) is 11.8. The fourth-order valence-electron chi connectivity index (χ4n) is 8.75. The first-order valence-corrected chi connectivity index (χ1v) is 18.4. The van der Waals surface area contributed by atoms with E-state index in [0.717, 1.165) is 12.1 Å². The van der Waals surface area contributed by atoms with Crippen LogP contribution in [-0.2, 0) is 21.0 Å². The second kappa shape index (κ2) is 15.6. The Balaban J connectivity index is 1.48. The molecule has 5 N–H and O–H groups in total. The Bertz CT molecular complexity index is 1690. The summed E-state index contributed by atoms with van der Waals surface area (Å²) in [6, 6.07) is 10.1. The molecule has 1 saturated heterocycles. The molecule has 4 aliphatic rings. The fraction of sp³-hybridized carbons (Fsp3) is 0.600. The molecule has 52 heavy (non-hydrogen) atoms. The molecule has 0 radical (unpaired) electrons. The number of hydrogen-bond acceptors (Lipinski definition) is 9. The number of ether oxygens (including phenoxy) is 1. The molecule has 3 amide bonds. The summed E-state index contributed by atoms with van der Waals surface area (Å²) in [6.07, 6.45) is 0.663. The fourth-order valence-corrected chi connectivity index (χ4v) is 8.75. The molecule has 0 spiro atoms. The number of carbonyl (C=O) groups excluding carboxylic acids is 3. The van der Waals surface area contributed by atoms with Crippen molar-refractivity contribution in [3.05, 3.63) is 47.5 Å². The Morgan fingerprint density at radius 3 is 2.42 bits per heavy atom. The Morgan fingerprint density at radius 2 is 1.87 bits per heavy atom. The summed E-state index contributed by atoms with van der Waals surface area (Å²) in [6.45, 7) is 12.1. The lowest BCUT2D eigenvalue weighted by Gasteiger charge is -2.62. The van der Waals surface area contributed by atoms with Crippen LogP contribution in [0.3, 0.4) is 0 Å². The number of benzene rings is 2. The van der Waals surface area contributed by atoms with Gasteiger partial charge in [-0.05, 0) is 79.0 Å². The highest BCUT2D eigenvalue weighted by Crippen LogP contribution is 2.61. The lowest BCUT2D eigenvalue weighted by molar-refractivity contribution is -0.183. The van der Waals surface area contributed by atoms with E-state index in [1.165, 1.54) is 6.42 Å². The second-order valence-electron chi connectivity index (χ2n) is 16.2. The van der Waals surface area contributed by atoms with Crippen LogP contribution in [0.5, 0.6) is 5.75 Å². The van der Waals surface area contributed by atoms with Gasteiger partial charge in [0.15, 0.2) is 0 Å². The van der Waals surface area contributed by atoms with Crippen LogP contribution < -0.4 is 20.7 Å². The van der Waals surface area contributed by atoms with Gasteiger partial charge in [-0.15, -0.1) is 0 Å². The van der Waals surface area contributed by atoms with Crippen molar-refractivity contribution in [2.75, 3.05) is 32.7 Å². The first kappa shape index (κ1) is 39.4. The van der Waals surface area contributed by atoms with Crippen LogP contribution in [0.15, 0.2) is 41.4 Å². The van der Waals surface area contributed by atoms with Gasteiger partial charge in [0, 0.05) is 48.4 Å². The topological polar surface area (TPSA) is 167 Å². The molecule has 2 aromatic carbocycles. The van der Waals surface area contributed by atoms with E-state index in [-0.39, 0.29) is 54.1 Å². The van der Waals surface area contributed by atoms with Gasteiger partial charge < -0.3 is 30.9 Å². The van der Waals surface area contributed by atoms with Gasteiger partial charge in [-0.1, -0.05) is 52.8 Å². The van der Waals surface area contributed by atoms with Crippen molar-refractivity contribution < 1.29 is 34.2 Å². The summed E-state index contributed by atoms with van der Waals surface area (Å²) >= 11 is 0. The molecule has 1 heterocycles. The van der Waals surface area contributed by atoms with Crippen LogP contribution in [0.25, 0.3) is 11.1 Å². The Labute approximate surface area is 307 Å². The standard InChI is InChI=1S/C40H57N5O7/c1-21(2)13-32(37(41)48)43-38(49)26-14-25(15-28(16-26)44(7)8)29-12-10-11-24(36(29)51-9)19-45-35(34(23(4)47)33(20-46)52-45)39(50)42-31-18-27-17-30(22(31)3)40(27,5)6/h10-12,14-16,21-23,27,30-31,33-35,46-47H,13,17-20H2,1-9H3,(H2,41,48)(H,42,50)/t22-,23-,27+,30-,31-,33-,34-,35-/m0/s1. The molecule has 0 aromatic heterocycles. The average Bonchev–Trinajstić information content (AvgIpc) is 3.46. The number of primary amides is 1. The lowest BCUT2D eigenvalue weighted by atomic mass is 9.45. The molecular formula is C40H57N5O7. The number of amides is 3. The maximum Gasteiger partial charge on any atom is 0.277 e. The number of para-hydroxylation sites is 1. The molecule has 2 aromatic rings. The molecule has 6 rings (SSSR count). The number of aliphatic hydroxyl groups is 2. The van der Waals surface area contributed by atoms with Gasteiger partial charge in [-0.2, -0.15) is 5.06 Å². The van der Waals surface area contributed by atoms with E-state index in [1.807, 2.05) is 57.1 Å². The zero-order valence-corrected chi connectivity index (χ0v) is 32.1. The van der Waals surface area contributed by atoms with Gasteiger partial charge in [-0.3, -0.25) is 19.2 Å². The third kappa shape index (κ3) is 7.76.